The number of fused-ring (bicyclic) bond motifs is 1. The minimum atomic E-state index is -3.84. The summed E-state index contributed by atoms with van der Waals surface area (Å²) in [6.45, 7) is 9.58. The van der Waals surface area contributed by atoms with Crippen molar-refractivity contribution in [1.82, 2.24) is 10.2 Å². The number of hydrogen-bond donors (Lipinski definition) is 1. The van der Waals surface area contributed by atoms with Crippen molar-refractivity contribution in [3.8, 4) is 11.5 Å². The fourth-order valence-corrected chi connectivity index (χ4v) is 4.67. The lowest BCUT2D eigenvalue weighted by molar-refractivity contribution is -0.140. The summed E-state index contributed by atoms with van der Waals surface area (Å²) in [6.07, 6.45) is 1.04. The number of rotatable bonds is 8. The lowest BCUT2D eigenvalue weighted by Gasteiger charge is -2.33. The van der Waals surface area contributed by atoms with E-state index in [0.717, 1.165) is 21.7 Å². The first-order valence-electron chi connectivity index (χ1n) is 11.8. The Balaban J connectivity index is 1.94. The Kier molecular flexibility index (Phi) is 8.18. The number of carbonyl (C=O) groups is 2. The van der Waals surface area contributed by atoms with Gasteiger partial charge in [0.1, 0.15) is 25.8 Å². The normalized spacial score (nSPS) is 14.1. The van der Waals surface area contributed by atoms with Crippen molar-refractivity contribution in [2.24, 2.45) is 0 Å². The first-order valence-corrected chi connectivity index (χ1v) is 13.6. The second kappa shape index (κ2) is 10.8. The van der Waals surface area contributed by atoms with Crippen LogP contribution in [0.2, 0.25) is 0 Å². The third-order valence-corrected chi connectivity index (χ3v) is 6.90. The Hall–Kier alpha value is -3.27. The number of benzene rings is 2. The van der Waals surface area contributed by atoms with Crippen LogP contribution in [-0.2, 0) is 26.2 Å². The van der Waals surface area contributed by atoms with Gasteiger partial charge in [0, 0.05) is 18.2 Å². The molecule has 2 aromatic rings. The predicted octanol–water partition coefficient (Wildman–Crippen LogP) is 2.86. The summed E-state index contributed by atoms with van der Waals surface area (Å²) >= 11 is 0. The maximum Gasteiger partial charge on any atom is 0.244 e. The fraction of sp³-hybridized carbons (Fsp3) is 0.462. The number of carbonyl (C=O) groups excluding carboxylic acids is 2. The molecular formula is C26H35N3O6S. The van der Waals surface area contributed by atoms with Crippen molar-refractivity contribution in [2.75, 3.05) is 30.3 Å². The van der Waals surface area contributed by atoms with Crippen LogP contribution in [0.1, 0.15) is 38.8 Å². The topological polar surface area (TPSA) is 105 Å². The molecule has 9 nitrogen and oxygen atoms in total. The van der Waals surface area contributed by atoms with Crippen LogP contribution >= 0.6 is 0 Å². The molecule has 3 rings (SSSR count). The number of sulfonamides is 1. The molecule has 1 N–H and O–H groups in total. The molecular weight excluding hydrogens is 482 g/mol. The zero-order valence-electron chi connectivity index (χ0n) is 21.7. The summed E-state index contributed by atoms with van der Waals surface area (Å²) in [5, 5.41) is 2.91. The molecule has 0 unspecified atom stereocenters. The van der Waals surface area contributed by atoms with E-state index < -0.39 is 34.1 Å². The molecule has 1 aliphatic rings. The van der Waals surface area contributed by atoms with Crippen molar-refractivity contribution in [1.29, 1.82) is 0 Å². The van der Waals surface area contributed by atoms with E-state index in [1.54, 1.807) is 25.1 Å². The molecule has 0 saturated carbocycles. The SMILES string of the molecule is Cc1ccccc1CN(C(=O)CN(c1ccc2c(c1)OCCO2)S(C)(=O)=O)[C@H](C)C(=O)NC(C)(C)C. The van der Waals surface area contributed by atoms with Crippen LogP contribution in [-0.4, -0.2) is 62.7 Å². The quantitative estimate of drug-likeness (QED) is 0.577. The van der Waals surface area contributed by atoms with Gasteiger partial charge in [-0.3, -0.25) is 13.9 Å². The number of ether oxygens (including phenoxy) is 2. The highest BCUT2D eigenvalue weighted by molar-refractivity contribution is 7.92. The van der Waals surface area contributed by atoms with Crippen LogP contribution < -0.4 is 19.1 Å². The van der Waals surface area contributed by atoms with Gasteiger partial charge in [0.25, 0.3) is 0 Å². The molecule has 196 valence electrons. The van der Waals surface area contributed by atoms with E-state index in [9.17, 15) is 18.0 Å². The molecule has 0 fully saturated rings. The maximum atomic E-state index is 13.7. The first-order chi connectivity index (χ1) is 16.8. The molecule has 1 heterocycles. The zero-order valence-corrected chi connectivity index (χ0v) is 22.5. The molecule has 1 atom stereocenters. The Morgan fingerprint density at radius 1 is 1.06 bits per heavy atom. The number of amides is 2. The second-order valence-electron chi connectivity index (χ2n) is 9.96. The van der Waals surface area contributed by atoms with Gasteiger partial charge in [-0.05, 0) is 57.9 Å². The van der Waals surface area contributed by atoms with Gasteiger partial charge >= 0.3 is 0 Å². The Bertz CT molecular complexity index is 1220. The van der Waals surface area contributed by atoms with Gasteiger partial charge in [0.05, 0.1) is 11.9 Å². The van der Waals surface area contributed by atoms with E-state index in [4.69, 9.17) is 9.47 Å². The average Bonchev–Trinajstić information content (AvgIpc) is 2.79. The van der Waals surface area contributed by atoms with Crippen molar-refractivity contribution >= 4 is 27.5 Å². The standard InChI is InChI=1S/C26H35N3O6S/c1-18-9-7-8-10-20(18)16-28(19(2)25(31)27-26(3,4)5)24(30)17-29(36(6,32)33)21-11-12-22-23(15-21)35-14-13-34-22/h7-12,15,19H,13-14,16-17H2,1-6H3,(H,27,31)/t19-/m1/s1. The van der Waals surface area contributed by atoms with Gasteiger partial charge in [-0.1, -0.05) is 24.3 Å². The Morgan fingerprint density at radius 3 is 2.31 bits per heavy atom. The largest absolute Gasteiger partial charge is 0.486 e. The van der Waals surface area contributed by atoms with Crippen LogP contribution in [0.5, 0.6) is 11.5 Å². The van der Waals surface area contributed by atoms with Gasteiger partial charge in [-0.2, -0.15) is 0 Å². The van der Waals surface area contributed by atoms with Gasteiger partial charge in [0.2, 0.25) is 21.8 Å². The molecule has 2 aromatic carbocycles. The molecule has 0 spiro atoms. The first kappa shape index (κ1) is 27.3. The van der Waals surface area contributed by atoms with Gasteiger partial charge < -0.3 is 19.7 Å². The van der Waals surface area contributed by atoms with Crippen LogP contribution in [0.15, 0.2) is 42.5 Å². The Labute approximate surface area is 213 Å². The molecule has 10 heteroatoms. The highest BCUT2D eigenvalue weighted by Gasteiger charge is 2.32. The van der Waals surface area contributed by atoms with Crippen LogP contribution in [0, 0.1) is 6.92 Å². The summed E-state index contributed by atoms with van der Waals surface area (Å²) in [5.74, 6) is 0.0952. The number of aryl methyl sites for hydroxylation is 1. The van der Waals surface area contributed by atoms with E-state index in [0.29, 0.717) is 24.7 Å². The average molecular weight is 518 g/mol. The van der Waals surface area contributed by atoms with Gasteiger partial charge in [0.15, 0.2) is 11.5 Å². The summed E-state index contributed by atoms with van der Waals surface area (Å²) < 4.78 is 37.7. The number of hydrogen-bond acceptors (Lipinski definition) is 6. The van der Waals surface area contributed by atoms with E-state index in [1.165, 1.54) is 4.90 Å². The van der Waals surface area contributed by atoms with E-state index in [-0.39, 0.29) is 18.1 Å². The minimum Gasteiger partial charge on any atom is -0.486 e. The summed E-state index contributed by atoms with van der Waals surface area (Å²) in [7, 11) is -3.84. The molecule has 0 bridgehead atoms. The molecule has 2 amide bonds. The highest BCUT2D eigenvalue weighted by Crippen LogP contribution is 2.34. The lowest BCUT2D eigenvalue weighted by Crippen LogP contribution is -2.54. The van der Waals surface area contributed by atoms with Crippen LogP contribution in [0.4, 0.5) is 5.69 Å². The molecule has 0 aromatic heterocycles. The van der Waals surface area contributed by atoms with E-state index in [1.807, 2.05) is 52.0 Å². The lowest BCUT2D eigenvalue weighted by atomic mass is 10.1. The van der Waals surface area contributed by atoms with Crippen molar-refractivity contribution in [2.45, 2.75) is 52.7 Å². The number of nitrogens with one attached hydrogen (secondary N) is 1. The summed E-state index contributed by atoms with van der Waals surface area (Å²) in [4.78, 5) is 28.1. The molecule has 0 aliphatic carbocycles. The highest BCUT2D eigenvalue weighted by atomic mass is 32.2. The third-order valence-electron chi connectivity index (χ3n) is 5.76. The van der Waals surface area contributed by atoms with E-state index >= 15 is 0 Å². The van der Waals surface area contributed by atoms with Gasteiger partial charge in [-0.25, -0.2) is 8.42 Å². The summed E-state index contributed by atoms with van der Waals surface area (Å²) in [5.41, 5.74) is 1.61. The van der Waals surface area contributed by atoms with E-state index in [2.05, 4.69) is 5.32 Å². The van der Waals surface area contributed by atoms with Crippen LogP contribution in [0.3, 0.4) is 0 Å². The monoisotopic (exact) mass is 517 g/mol. The number of anilines is 1. The molecule has 1 aliphatic heterocycles. The Morgan fingerprint density at radius 2 is 1.69 bits per heavy atom. The van der Waals surface area contributed by atoms with Crippen molar-refractivity contribution < 1.29 is 27.5 Å². The minimum absolute atomic E-state index is 0.156. The molecule has 36 heavy (non-hydrogen) atoms. The smallest absolute Gasteiger partial charge is 0.244 e. The number of nitrogens with zero attached hydrogens (tertiary/aromatic N) is 2. The summed E-state index contributed by atoms with van der Waals surface area (Å²) in [6, 6.07) is 11.5. The second-order valence-corrected chi connectivity index (χ2v) is 11.9. The van der Waals surface area contributed by atoms with Crippen molar-refractivity contribution in [3.63, 3.8) is 0 Å². The molecule has 0 radical (unpaired) electrons. The zero-order chi connectivity index (χ0) is 26.7. The fourth-order valence-electron chi connectivity index (χ4n) is 3.83. The molecule has 0 saturated heterocycles. The van der Waals surface area contributed by atoms with Crippen LogP contribution in [0.25, 0.3) is 0 Å². The predicted molar refractivity (Wildman–Crippen MR) is 139 cm³/mol. The van der Waals surface area contributed by atoms with Crippen molar-refractivity contribution in [3.05, 3.63) is 53.6 Å². The van der Waals surface area contributed by atoms with Gasteiger partial charge in [-0.15, -0.1) is 0 Å². The maximum absolute atomic E-state index is 13.7. The third kappa shape index (κ3) is 6.90.